The predicted octanol–water partition coefficient (Wildman–Crippen LogP) is -12.6. The minimum absolute atomic E-state index is 0. The van der Waals surface area contributed by atoms with E-state index < -0.39 is 16.4 Å². The maximum atomic E-state index is 8.55. The maximum Gasteiger partial charge on any atom is 1.00 e. The number of hydrogen-bond acceptors (Lipinski definition) is 7. The number of hydrogen-bond donors (Lipinski definition) is 3. The van der Waals surface area contributed by atoms with Gasteiger partial charge in [-0.05, 0) is 0 Å². The van der Waals surface area contributed by atoms with Crippen LogP contribution in [0, 0.1) is 0 Å². The zero-order valence-corrected chi connectivity index (χ0v) is 18.0. The summed E-state index contributed by atoms with van der Waals surface area (Å²) in [5.74, 6) is 0. The summed E-state index contributed by atoms with van der Waals surface area (Å²) in [6.07, 6.45) is 0. The summed E-state index contributed by atoms with van der Waals surface area (Å²) in [5, 5.41) is 0. The summed E-state index contributed by atoms with van der Waals surface area (Å²) < 4.78 is 8.55. The average Bonchev–Trinajstić information content (AvgIpc) is 1.19. The van der Waals surface area contributed by atoms with Crippen LogP contribution in [0.4, 0.5) is 0 Å². The standard InChI is InChI=1S/3K.H3O4P.H3O3P/c;;;1-5(2,3)4;1-4(2)3/h;;;(H3,1,2,3,4);1-3H/q3*+1;;/p-3. The fraction of sp³-hybridized carbons (Fsp3) is 0. The van der Waals surface area contributed by atoms with Gasteiger partial charge in [0.25, 0.3) is 0 Å². The Morgan fingerprint density at radius 2 is 0.917 bits per heavy atom. The fourth-order valence-corrected chi connectivity index (χ4v) is 0. The Bertz CT molecular complexity index is 87.8. The Hall–Kier alpha value is 5.33. The molecule has 0 spiro atoms. The molecule has 0 aromatic heterocycles. The molecule has 0 saturated carbocycles. The molecule has 12 heavy (non-hydrogen) atoms. The van der Waals surface area contributed by atoms with E-state index in [1.807, 2.05) is 0 Å². The van der Waals surface area contributed by atoms with Gasteiger partial charge in [0.15, 0.2) is 0 Å². The molecule has 0 heterocycles. The van der Waals surface area contributed by atoms with Crippen molar-refractivity contribution < 1.29 is 188 Å². The van der Waals surface area contributed by atoms with Crippen molar-refractivity contribution in [3.63, 3.8) is 0 Å². The first kappa shape index (κ1) is 30.4. The van der Waals surface area contributed by atoms with Gasteiger partial charge < -0.3 is 33.9 Å². The average molecular weight is 294 g/mol. The summed E-state index contributed by atoms with van der Waals surface area (Å²) in [4.78, 5) is 47.3. The summed E-state index contributed by atoms with van der Waals surface area (Å²) in [7, 11) is -8.01. The van der Waals surface area contributed by atoms with Gasteiger partial charge in [-0.2, -0.15) is 7.82 Å². The minimum Gasteiger partial charge on any atom is -0.822 e. The van der Waals surface area contributed by atoms with Gasteiger partial charge in [-0.15, -0.1) is 0 Å². The summed E-state index contributed by atoms with van der Waals surface area (Å²) in [6.45, 7) is 0. The first-order valence-corrected chi connectivity index (χ1v) is 3.99. The Labute approximate surface area is 198 Å². The van der Waals surface area contributed by atoms with Crippen molar-refractivity contribution in [2.45, 2.75) is 0 Å². The molecular formula is H3K3O7P2. The van der Waals surface area contributed by atoms with Gasteiger partial charge in [-0.3, -0.25) is 0 Å². The van der Waals surface area contributed by atoms with E-state index in [4.69, 9.17) is 33.9 Å². The molecule has 7 nitrogen and oxygen atoms in total. The Balaban J connectivity index is -0.0000000221. The second kappa shape index (κ2) is 18.7. The molecule has 0 aliphatic heterocycles. The van der Waals surface area contributed by atoms with Crippen molar-refractivity contribution in [3.8, 4) is 0 Å². The van der Waals surface area contributed by atoms with Gasteiger partial charge in [0.05, 0.1) is 0 Å². The van der Waals surface area contributed by atoms with Crippen LogP contribution in [0.2, 0.25) is 0 Å². The monoisotopic (exact) mass is 294 g/mol. The van der Waals surface area contributed by atoms with Crippen molar-refractivity contribution in [2.24, 2.45) is 0 Å². The first-order valence-electron chi connectivity index (χ1n) is 1.33. The van der Waals surface area contributed by atoms with E-state index in [1.54, 1.807) is 0 Å². The van der Waals surface area contributed by atoms with E-state index in [-0.39, 0.29) is 154 Å². The van der Waals surface area contributed by atoms with E-state index in [1.165, 1.54) is 0 Å². The quantitative estimate of drug-likeness (QED) is 0.297. The van der Waals surface area contributed by atoms with E-state index in [0.717, 1.165) is 0 Å². The second-order valence-electron chi connectivity index (χ2n) is 0.716. The molecule has 0 aromatic carbocycles. The van der Waals surface area contributed by atoms with Crippen LogP contribution in [0.1, 0.15) is 0 Å². The molecule has 0 aromatic rings. The third-order valence-electron chi connectivity index (χ3n) is 0. The molecule has 0 fully saturated rings. The van der Waals surface area contributed by atoms with Crippen LogP contribution in [0.15, 0.2) is 0 Å². The van der Waals surface area contributed by atoms with Crippen LogP contribution in [0.25, 0.3) is 0 Å². The molecule has 0 bridgehead atoms. The molecule has 0 aliphatic rings. The third-order valence-corrected chi connectivity index (χ3v) is 0. The van der Waals surface area contributed by atoms with Crippen molar-refractivity contribution in [2.75, 3.05) is 0 Å². The zero-order chi connectivity index (χ0) is 8.08. The summed E-state index contributed by atoms with van der Waals surface area (Å²) in [5.41, 5.74) is 0. The Morgan fingerprint density at radius 1 is 0.917 bits per heavy atom. The minimum atomic E-state index is -5.39. The molecule has 0 unspecified atom stereocenters. The van der Waals surface area contributed by atoms with Crippen molar-refractivity contribution in [1.29, 1.82) is 0 Å². The van der Waals surface area contributed by atoms with Crippen LogP contribution in [0.5, 0.6) is 0 Å². The smallest absolute Gasteiger partial charge is 0.822 e. The van der Waals surface area contributed by atoms with E-state index in [0.29, 0.717) is 0 Å². The van der Waals surface area contributed by atoms with E-state index >= 15 is 0 Å². The van der Waals surface area contributed by atoms with Gasteiger partial charge in [-0.25, -0.2) is 0 Å². The topological polar surface area (TPSA) is 147 Å². The van der Waals surface area contributed by atoms with E-state index in [2.05, 4.69) is 0 Å². The first-order chi connectivity index (χ1) is 3.73. The molecule has 0 atom stereocenters. The summed E-state index contributed by atoms with van der Waals surface area (Å²) in [6, 6.07) is 0. The van der Waals surface area contributed by atoms with Gasteiger partial charge in [0, 0.05) is 0 Å². The molecule has 12 heteroatoms. The molecule has 3 N–H and O–H groups in total. The normalized spacial score (nSPS) is 7.92. The predicted molar refractivity (Wildman–Crippen MR) is 21.2 cm³/mol. The van der Waals surface area contributed by atoms with Crippen molar-refractivity contribution in [3.05, 3.63) is 0 Å². The van der Waals surface area contributed by atoms with Gasteiger partial charge in [-0.1, -0.05) is 0 Å². The van der Waals surface area contributed by atoms with Crippen LogP contribution in [-0.2, 0) is 4.57 Å². The van der Waals surface area contributed by atoms with Crippen molar-refractivity contribution in [1.82, 2.24) is 0 Å². The largest absolute Gasteiger partial charge is 1.00 e. The van der Waals surface area contributed by atoms with Crippen LogP contribution < -0.4 is 169 Å². The fourth-order valence-electron chi connectivity index (χ4n) is 0. The van der Waals surface area contributed by atoms with Gasteiger partial charge in [0.1, 0.15) is 0 Å². The molecule has 0 saturated heterocycles. The van der Waals surface area contributed by atoms with Crippen LogP contribution >= 0.6 is 16.4 Å². The molecule has 0 amide bonds. The number of phosphoric acid groups is 1. The number of rotatable bonds is 0. The Morgan fingerprint density at radius 3 is 0.917 bits per heavy atom. The van der Waals surface area contributed by atoms with Crippen molar-refractivity contribution >= 4 is 16.4 Å². The molecule has 0 rings (SSSR count). The molecule has 0 aliphatic carbocycles. The van der Waals surface area contributed by atoms with Crippen LogP contribution in [-0.4, -0.2) is 14.7 Å². The van der Waals surface area contributed by atoms with Gasteiger partial charge in [0.2, 0.25) is 0 Å². The second-order valence-corrected chi connectivity index (χ2v) is 2.15. The van der Waals surface area contributed by atoms with Gasteiger partial charge >= 0.3 is 163 Å². The Kier molecular flexibility index (Phi) is 47.3. The van der Waals surface area contributed by atoms with E-state index in [9.17, 15) is 0 Å². The molecule has 58 valence electrons. The molecular weight excluding hydrogens is 291 g/mol. The third kappa shape index (κ3) is 111. The summed E-state index contributed by atoms with van der Waals surface area (Å²) >= 11 is 0. The van der Waals surface area contributed by atoms with Crippen LogP contribution in [0.3, 0.4) is 0 Å². The zero-order valence-electron chi connectivity index (χ0n) is 6.87. The SMILES string of the molecule is O=P([O-])([O-])[O-].OP(O)O.[K+].[K+].[K+]. The molecule has 0 radical (unpaired) electrons. The maximum absolute atomic E-state index is 8.55.